The zero-order chi connectivity index (χ0) is 15.5. The molecule has 0 saturated heterocycles. The molecule has 1 aliphatic carbocycles. The van der Waals surface area contributed by atoms with Gasteiger partial charge < -0.3 is 10.1 Å². The van der Waals surface area contributed by atoms with Gasteiger partial charge in [0.25, 0.3) is 5.91 Å². The Kier molecular flexibility index (Phi) is 4.78. The summed E-state index contributed by atoms with van der Waals surface area (Å²) in [5.41, 5.74) is 0.924. The van der Waals surface area contributed by atoms with Crippen molar-refractivity contribution < 1.29 is 9.53 Å². The number of rotatable bonds is 6. The largest absolute Gasteiger partial charge is 0.480 e. The smallest absolute Gasteiger partial charge is 0.261 e. The fraction of sp³-hybridized carbons (Fsp3) is 0.375. The molecule has 1 aromatic heterocycles. The molecule has 1 aromatic carbocycles. The van der Waals surface area contributed by atoms with Crippen LogP contribution in [0.1, 0.15) is 36.4 Å². The average molecular weight is 381 g/mol. The minimum Gasteiger partial charge on any atom is -0.480 e. The van der Waals surface area contributed by atoms with Crippen molar-refractivity contribution in [1.29, 1.82) is 0 Å². The highest BCUT2D eigenvalue weighted by molar-refractivity contribution is 9.10. The minimum atomic E-state index is -0.555. The number of carbonyl (C=O) groups is 1. The van der Waals surface area contributed by atoms with Gasteiger partial charge in [-0.2, -0.15) is 0 Å². The molecule has 6 heteroatoms. The highest BCUT2D eigenvalue weighted by Gasteiger charge is 2.26. The van der Waals surface area contributed by atoms with Gasteiger partial charge in [0.2, 0.25) is 0 Å². The summed E-state index contributed by atoms with van der Waals surface area (Å²) in [6.07, 6.45) is 1.94. The molecule has 2 aromatic rings. The van der Waals surface area contributed by atoms with E-state index in [0.29, 0.717) is 18.2 Å². The number of para-hydroxylation sites is 1. The summed E-state index contributed by atoms with van der Waals surface area (Å²) in [7, 11) is 0. The Balaban J connectivity index is 1.51. The SMILES string of the molecule is CC(Oc1ccccc1Br)C(=O)NCc1csc(C2CC2)n1. The molecule has 116 valence electrons. The van der Waals surface area contributed by atoms with Crippen LogP contribution >= 0.6 is 27.3 Å². The number of aromatic nitrogens is 1. The summed E-state index contributed by atoms with van der Waals surface area (Å²) in [6.45, 7) is 2.19. The second kappa shape index (κ2) is 6.79. The predicted octanol–water partition coefficient (Wildman–Crippen LogP) is 3.87. The first-order chi connectivity index (χ1) is 10.6. The first-order valence-corrected chi connectivity index (χ1v) is 8.94. The number of thiazole rings is 1. The minimum absolute atomic E-state index is 0.142. The van der Waals surface area contributed by atoms with Crippen molar-refractivity contribution in [2.45, 2.75) is 38.3 Å². The summed E-state index contributed by atoms with van der Waals surface area (Å²) in [6, 6.07) is 7.49. The molecule has 1 atom stereocenters. The van der Waals surface area contributed by atoms with E-state index in [9.17, 15) is 4.79 Å². The van der Waals surface area contributed by atoms with Gasteiger partial charge in [-0.25, -0.2) is 4.98 Å². The summed E-state index contributed by atoms with van der Waals surface area (Å²) in [5.74, 6) is 1.18. The topological polar surface area (TPSA) is 51.2 Å². The van der Waals surface area contributed by atoms with E-state index in [1.54, 1.807) is 18.3 Å². The number of carbonyl (C=O) groups excluding carboxylic acids is 1. The van der Waals surface area contributed by atoms with Crippen molar-refractivity contribution in [1.82, 2.24) is 10.3 Å². The zero-order valence-electron chi connectivity index (χ0n) is 12.2. The van der Waals surface area contributed by atoms with E-state index in [2.05, 4.69) is 26.2 Å². The van der Waals surface area contributed by atoms with Crippen molar-refractivity contribution in [3.05, 3.63) is 44.8 Å². The molecule has 0 spiro atoms. The van der Waals surface area contributed by atoms with Gasteiger partial charge in [-0.15, -0.1) is 11.3 Å². The third-order valence-corrected chi connectivity index (χ3v) is 5.16. The Morgan fingerprint density at radius 1 is 1.50 bits per heavy atom. The van der Waals surface area contributed by atoms with E-state index in [1.807, 2.05) is 29.6 Å². The maximum absolute atomic E-state index is 12.1. The van der Waals surface area contributed by atoms with E-state index in [0.717, 1.165) is 10.2 Å². The first kappa shape index (κ1) is 15.5. The Hall–Kier alpha value is -1.40. The van der Waals surface area contributed by atoms with Crippen LogP contribution in [-0.4, -0.2) is 17.0 Å². The van der Waals surface area contributed by atoms with E-state index in [-0.39, 0.29) is 5.91 Å². The Morgan fingerprint density at radius 3 is 3.00 bits per heavy atom. The predicted molar refractivity (Wildman–Crippen MR) is 90.2 cm³/mol. The third-order valence-electron chi connectivity index (χ3n) is 3.45. The standard InChI is InChI=1S/C16H17BrN2O2S/c1-10(21-14-5-3-2-4-13(14)17)15(20)18-8-12-9-22-16(19-12)11-6-7-11/h2-5,9-11H,6-8H2,1H3,(H,18,20). The first-order valence-electron chi connectivity index (χ1n) is 7.26. The van der Waals surface area contributed by atoms with E-state index in [1.165, 1.54) is 17.8 Å². The second-order valence-electron chi connectivity index (χ2n) is 5.36. The molecule has 4 nitrogen and oxygen atoms in total. The molecule has 0 aliphatic heterocycles. The van der Waals surface area contributed by atoms with Gasteiger partial charge in [0.1, 0.15) is 5.75 Å². The molecular formula is C16H17BrN2O2S. The fourth-order valence-electron chi connectivity index (χ4n) is 2.03. The molecule has 1 aliphatic rings. The summed E-state index contributed by atoms with van der Waals surface area (Å²) >= 11 is 5.09. The maximum atomic E-state index is 12.1. The average Bonchev–Trinajstić information content (AvgIpc) is 3.26. The van der Waals surface area contributed by atoms with Crippen molar-refractivity contribution in [3.63, 3.8) is 0 Å². The second-order valence-corrected chi connectivity index (χ2v) is 7.10. The van der Waals surface area contributed by atoms with Gasteiger partial charge in [-0.3, -0.25) is 4.79 Å². The molecule has 1 heterocycles. The Morgan fingerprint density at radius 2 is 2.27 bits per heavy atom. The quantitative estimate of drug-likeness (QED) is 0.827. The van der Waals surface area contributed by atoms with Crippen LogP contribution in [0.5, 0.6) is 5.75 Å². The number of hydrogen-bond acceptors (Lipinski definition) is 4. The molecule has 22 heavy (non-hydrogen) atoms. The monoisotopic (exact) mass is 380 g/mol. The van der Waals surface area contributed by atoms with Crippen LogP contribution in [0, 0.1) is 0 Å². The van der Waals surface area contributed by atoms with Gasteiger partial charge in [-0.1, -0.05) is 12.1 Å². The lowest BCUT2D eigenvalue weighted by atomic mass is 10.3. The van der Waals surface area contributed by atoms with Gasteiger partial charge in [0.15, 0.2) is 6.10 Å². The van der Waals surface area contributed by atoms with E-state index in [4.69, 9.17) is 4.74 Å². The van der Waals surface area contributed by atoms with Crippen LogP contribution in [0.4, 0.5) is 0 Å². The highest BCUT2D eigenvalue weighted by atomic mass is 79.9. The lowest BCUT2D eigenvalue weighted by Gasteiger charge is -2.15. The number of nitrogens with zero attached hydrogens (tertiary/aromatic N) is 1. The third kappa shape index (κ3) is 3.87. The van der Waals surface area contributed by atoms with Crippen molar-refractivity contribution >= 4 is 33.2 Å². The van der Waals surface area contributed by atoms with Gasteiger partial charge in [-0.05, 0) is 47.8 Å². The van der Waals surface area contributed by atoms with Gasteiger partial charge in [0, 0.05) is 11.3 Å². The number of nitrogens with one attached hydrogen (secondary N) is 1. The highest BCUT2D eigenvalue weighted by Crippen LogP contribution is 2.41. The van der Waals surface area contributed by atoms with Crippen LogP contribution in [0.15, 0.2) is 34.1 Å². The number of benzene rings is 1. The summed E-state index contributed by atoms with van der Waals surface area (Å²) < 4.78 is 6.51. The summed E-state index contributed by atoms with van der Waals surface area (Å²) in [4.78, 5) is 16.7. The molecule has 1 saturated carbocycles. The van der Waals surface area contributed by atoms with Crippen molar-refractivity contribution in [2.75, 3.05) is 0 Å². The molecule has 0 bridgehead atoms. The Bertz CT molecular complexity index is 670. The molecule has 0 radical (unpaired) electrons. The number of halogens is 1. The van der Waals surface area contributed by atoms with Crippen molar-refractivity contribution in [3.8, 4) is 5.75 Å². The van der Waals surface area contributed by atoms with Gasteiger partial charge in [0.05, 0.1) is 21.7 Å². The van der Waals surface area contributed by atoms with Crippen LogP contribution in [-0.2, 0) is 11.3 Å². The molecule has 3 rings (SSSR count). The van der Waals surface area contributed by atoms with Crippen LogP contribution in [0.3, 0.4) is 0 Å². The lowest BCUT2D eigenvalue weighted by Crippen LogP contribution is -2.36. The number of amides is 1. The van der Waals surface area contributed by atoms with Gasteiger partial charge >= 0.3 is 0 Å². The molecular weight excluding hydrogens is 364 g/mol. The van der Waals surface area contributed by atoms with Crippen molar-refractivity contribution in [2.24, 2.45) is 0 Å². The summed E-state index contributed by atoms with van der Waals surface area (Å²) in [5, 5.41) is 6.09. The number of hydrogen-bond donors (Lipinski definition) is 1. The molecule has 1 amide bonds. The fourth-order valence-corrected chi connectivity index (χ4v) is 3.40. The molecule has 1 fully saturated rings. The lowest BCUT2D eigenvalue weighted by molar-refractivity contribution is -0.127. The van der Waals surface area contributed by atoms with Crippen LogP contribution < -0.4 is 10.1 Å². The normalized spacial score (nSPS) is 15.4. The molecule has 1 unspecified atom stereocenters. The van der Waals surface area contributed by atoms with E-state index < -0.39 is 6.10 Å². The van der Waals surface area contributed by atoms with Crippen LogP contribution in [0.2, 0.25) is 0 Å². The van der Waals surface area contributed by atoms with E-state index >= 15 is 0 Å². The maximum Gasteiger partial charge on any atom is 0.261 e. The van der Waals surface area contributed by atoms with Crippen LogP contribution in [0.25, 0.3) is 0 Å². The molecule has 1 N–H and O–H groups in total. The zero-order valence-corrected chi connectivity index (χ0v) is 14.6. The Labute approximate surface area is 142 Å². The number of ether oxygens (including phenoxy) is 1.